The van der Waals surface area contributed by atoms with E-state index in [0.717, 1.165) is 5.82 Å². The first-order valence-electron chi connectivity index (χ1n) is 7.27. The molecular weight excluding hydrogens is 340 g/mol. The molecule has 2 aromatic heterocycles. The highest BCUT2D eigenvalue weighted by atomic mass is 35.5. The van der Waals surface area contributed by atoms with Crippen LogP contribution in [0.5, 0.6) is 0 Å². The van der Waals surface area contributed by atoms with Gasteiger partial charge in [-0.05, 0) is 13.0 Å². The molecule has 1 fully saturated rings. The molecule has 3 heterocycles. The Labute approximate surface area is 142 Å². The number of hydrogen-bond acceptors (Lipinski definition) is 5. The van der Waals surface area contributed by atoms with Crippen LogP contribution in [-0.4, -0.2) is 51.7 Å². The number of aromatic nitrogens is 4. The highest BCUT2D eigenvalue weighted by molar-refractivity contribution is 7.89. The van der Waals surface area contributed by atoms with Crippen LogP contribution in [0.25, 0.3) is 0 Å². The van der Waals surface area contributed by atoms with E-state index in [1.54, 1.807) is 12.3 Å². The van der Waals surface area contributed by atoms with Crippen LogP contribution in [0.15, 0.2) is 29.7 Å². The lowest BCUT2D eigenvalue weighted by molar-refractivity contribution is 0.256. The molecule has 2 aromatic rings. The van der Waals surface area contributed by atoms with Crippen LogP contribution in [0, 0.1) is 0 Å². The normalized spacial score (nSPS) is 19.5. The van der Waals surface area contributed by atoms with Crippen molar-refractivity contribution in [3.8, 4) is 0 Å². The van der Waals surface area contributed by atoms with E-state index in [2.05, 4.69) is 15.4 Å². The molecule has 8 nitrogen and oxygen atoms in total. The van der Waals surface area contributed by atoms with Gasteiger partial charge in [-0.1, -0.05) is 0 Å². The summed E-state index contributed by atoms with van der Waals surface area (Å²) < 4.78 is 31.0. The van der Waals surface area contributed by atoms with Crippen molar-refractivity contribution in [2.24, 2.45) is 7.05 Å². The van der Waals surface area contributed by atoms with Crippen LogP contribution in [-0.2, 0) is 23.6 Å². The lowest BCUT2D eigenvalue weighted by Crippen LogP contribution is -2.49. The zero-order valence-corrected chi connectivity index (χ0v) is 14.7. The third-order valence-electron chi connectivity index (χ3n) is 3.90. The van der Waals surface area contributed by atoms with Crippen molar-refractivity contribution in [2.45, 2.75) is 24.5 Å². The highest BCUT2D eigenvalue weighted by Crippen LogP contribution is 2.27. The number of nitrogens with zero attached hydrogens (tertiary/aromatic N) is 5. The average Bonchev–Trinajstić information content (AvgIpc) is 3.15. The van der Waals surface area contributed by atoms with Crippen molar-refractivity contribution in [3.05, 3.63) is 30.5 Å². The van der Waals surface area contributed by atoms with Crippen LogP contribution < -0.4 is 5.32 Å². The maximum Gasteiger partial charge on any atom is 0.260 e. The Bertz CT molecular complexity index is 756. The maximum absolute atomic E-state index is 13.0. The van der Waals surface area contributed by atoms with Crippen molar-refractivity contribution in [1.29, 1.82) is 0 Å². The van der Waals surface area contributed by atoms with E-state index in [4.69, 9.17) is 0 Å². The minimum absolute atomic E-state index is 0. The summed E-state index contributed by atoms with van der Waals surface area (Å²) >= 11 is 0. The van der Waals surface area contributed by atoms with E-state index in [0.29, 0.717) is 26.2 Å². The van der Waals surface area contributed by atoms with Gasteiger partial charge in [0.1, 0.15) is 5.82 Å². The molecule has 3 rings (SSSR count). The quantitative estimate of drug-likeness (QED) is 0.852. The van der Waals surface area contributed by atoms with Gasteiger partial charge in [-0.2, -0.15) is 9.40 Å². The van der Waals surface area contributed by atoms with Crippen LogP contribution in [0.4, 0.5) is 0 Å². The average molecular weight is 361 g/mol. The standard InChI is InChI=1S/C13H20N6O2S.ClH/c1-3-18-12(4-5-16-18)22(20,21)19-9-6-14-10-11(19)13-15-7-8-17(13)2;/h4-5,7-8,11,14H,3,6,9-10H2,1-2H3;1H. The molecule has 1 aliphatic heterocycles. The molecule has 23 heavy (non-hydrogen) atoms. The number of nitrogens with one attached hydrogen (secondary N) is 1. The summed E-state index contributed by atoms with van der Waals surface area (Å²) in [5.74, 6) is 0.735. The van der Waals surface area contributed by atoms with Crippen molar-refractivity contribution in [3.63, 3.8) is 0 Å². The second-order valence-electron chi connectivity index (χ2n) is 5.22. The fraction of sp³-hybridized carbons (Fsp3) is 0.538. The van der Waals surface area contributed by atoms with Crippen LogP contribution in [0.1, 0.15) is 18.8 Å². The molecule has 1 atom stereocenters. The summed E-state index contributed by atoms with van der Waals surface area (Å²) in [7, 11) is -1.74. The fourth-order valence-corrected chi connectivity index (χ4v) is 4.54. The van der Waals surface area contributed by atoms with Gasteiger partial charge >= 0.3 is 0 Å². The molecule has 10 heteroatoms. The molecule has 0 spiro atoms. The van der Waals surface area contributed by atoms with Gasteiger partial charge in [0.15, 0.2) is 5.03 Å². The Morgan fingerprint density at radius 2 is 2.17 bits per heavy atom. The molecule has 1 unspecified atom stereocenters. The Morgan fingerprint density at radius 3 is 2.83 bits per heavy atom. The maximum atomic E-state index is 13.0. The molecule has 128 valence electrons. The predicted molar refractivity (Wildman–Crippen MR) is 87.9 cm³/mol. The van der Waals surface area contributed by atoms with Crippen LogP contribution >= 0.6 is 12.4 Å². The van der Waals surface area contributed by atoms with E-state index in [-0.39, 0.29) is 23.5 Å². The summed E-state index contributed by atoms with van der Waals surface area (Å²) in [6, 6.07) is 1.23. The first-order chi connectivity index (χ1) is 10.6. The van der Waals surface area contributed by atoms with Gasteiger partial charge in [-0.25, -0.2) is 13.4 Å². The summed E-state index contributed by atoms with van der Waals surface area (Å²) in [6.07, 6.45) is 5.03. The predicted octanol–water partition coefficient (Wildman–Crippen LogP) is 0.394. The molecule has 0 aromatic carbocycles. The lowest BCUT2D eigenvalue weighted by Gasteiger charge is -2.34. The molecule has 0 bridgehead atoms. The highest BCUT2D eigenvalue weighted by Gasteiger charge is 2.37. The molecule has 1 N–H and O–H groups in total. The first-order valence-corrected chi connectivity index (χ1v) is 8.71. The minimum Gasteiger partial charge on any atom is -0.337 e. The number of hydrogen-bond donors (Lipinski definition) is 1. The first kappa shape index (κ1) is 17.9. The fourth-order valence-electron chi connectivity index (χ4n) is 2.79. The van der Waals surface area contributed by atoms with E-state index >= 15 is 0 Å². The Balaban J connectivity index is 0.00000192. The molecule has 0 radical (unpaired) electrons. The second kappa shape index (κ2) is 7.00. The summed E-state index contributed by atoms with van der Waals surface area (Å²) in [6.45, 7) is 3.97. The Kier molecular flexibility index (Phi) is 5.45. The van der Waals surface area contributed by atoms with Crippen LogP contribution in [0.3, 0.4) is 0 Å². The topological polar surface area (TPSA) is 85.1 Å². The van der Waals surface area contributed by atoms with Gasteiger partial charge in [0.25, 0.3) is 10.0 Å². The number of sulfonamides is 1. The van der Waals surface area contributed by atoms with Gasteiger partial charge in [-0.3, -0.25) is 4.68 Å². The van der Waals surface area contributed by atoms with Crippen molar-refractivity contribution in [2.75, 3.05) is 19.6 Å². The van der Waals surface area contributed by atoms with E-state index in [1.807, 2.05) is 24.7 Å². The molecule has 1 saturated heterocycles. The zero-order chi connectivity index (χ0) is 15.7. The molecular formula is C13H21ClN6O2S. The monoisotopic (exact) mass is 360 g/mol. The number of aryl methyl sites for hydroxylation is 2. The second-order valence-corrected chi connectivity index (χ2v) is 7.05. The summed E-state index contributed by atoms with van der Waals surface area (Å²) in [5.41, 5.74) is 0. The molecule has 0 saturated carbocycles. The number of halogens is 1. The smallest absolute Gasteiger partial charge is 0.260 e. The van der Waals surface area contributed by atoms with Crippen molar-refractivity contribution in [1.82, 2.24) is 29.0 Å². The number of rotatable bonds is 4. The van der Waals surface area contributed by atoms with E-state index in [1.165, 1.54) is 15.2 Å². The van der Waals surface area contributed by atoms with Gasteiger partial charge in [0.05, 0.1) is 12.2 Å². The minimum atomic E-state index is -3.61. The third kappa shape index (κ3) is 3.14. The van der Waals surface area contributed by atoms with Crippen LogP contribution in [0.2, 0.25) is 0 Å². The summed E-state index contributed by atoms with van der Waals surface area (Å²) in [5, 5.41) is 7.55. The van der Waals surface area contributed by atoms with Gasteiger partial charge in [0.2, 0.25) is 0 Å². The van der Waals surface area contributed by atoms with E-state index < -0.39 is 10.0 Å². The summed E-state index contributed by atoms with van der Waals surface area (Å²) in [4.78, 5) is 4.32. The Hall–Kier alpha value is -1.42. The molecule has 0 aliphatic carbocycles. The third-order valence-corrected chi connectivity index (χ3v) is 5.83. The van der Waals surface area contributed by atoms with Gasteiger partial charge in [-0.15, -0.1) is 12.4 Å². The number of imidazole rings is 1. The van der Waals surface area contributed by atoms with Crippen molar-refractivity contribution < 1.29 is 8.42 Å². The van der Waals surface area contributed by atoms with E-state index in [9.17, 15) is 8.42 Å². The van der Waals surface area contributed by atoms with Gasteiger partial charge < -0.3 is 9.88 Å². The molecule has 0 amide bonds. The zero-order valence-electron chi connectivity index (χ0n) is 13.1. The molecule has 1 aliphatic rings. The lowest BCUT2D eigenvalue weighted by atomic mass is 10.2. The number of piperazine rings is 1. The Morgan fingerprint density at radius 1 is 1.39 bits per heavy atom. The van der Waals surface area contributed by atoms with Crippen molar-refractivity contribution >= 4 is 22.4 Å². The SMILES string of the molecule is CCn1nccc1S(=O)(=O)N1CCNCC1c1nccn1C.Cl. The largest absolute Gasteiger partial charge is 0.337 e. The van der Waals surface area contributed by atoms with Gasteiger partial charge in [0, 0.05) is 45.6 Å².